The molecule has 0 unspecified atom stereocenters. The fourth-order valence-corrected chi connectivity index (χ4v) is 2.23. The van der Waals surface area contributed by atoms with E-state index < -0.39 is 11.7 Å². The summed E-state index contributed by atoms with van der Waals surface area (Å²) in [6.07, 6.45) is -4.46. The molecule has 0 atom stereocenters. The summed E-state index contributed by atoms with van der Waals surface area (Å²) in [6.45, 7) is 0. The predicted molar refractivity (Wildman–Crippen MR) is 87.7 cm³/mol. The lowest BCUT2D eigenvalue weighted by atomic mass is 10.2. The van der Waals surface area contributed by atoms with Gasteiger partial charge in [-0.05, 0) is 48.6 Å². The second-order valence-electron chi connectivity index (χ2n) is 4.28. The average Bonchev–Trinajstić information content (AvgIpc) is 2.40. The molecule has 0 saturated heterocycles. The van der Waals surface area contributed by atoms with Gasteiger partial charge in [0.1, 0.15) is 0 Å². The van der Waals surface area contributed by atoms with E-state index in [0.29, 0.717) is 10.7 Å². The number of hydrogen-bond donors (Lipinski definition) is 2. The van der Waals surface area contributed by atoms with Gasteiger partial charge in [0.2, 0.25) is 0 Å². The number of thiocarbonyl (C=S) groups is 1. The molecule has 0 fully saturated rings. The van der Waals surface area contributed by atoms with Gasteiger partial charge < -0.3 is 10.6 Å². The lowest BCUT2D eigenvalue weighted by Crippen LogP contribution is -2.19. The monoisotopic (exact) mass is 364 g/mol. The number of nitrogens with one attached hydrogen (secondary N) is 2. The van der Waals surface area contributed by atoms with E-state index in [1.807, 2.05) is 0 Å². The second-order valence-corrected chi connectivity index (χ2v) is 5.53. The highest BCUT2D eigenvalue weighted by Gasteiger charge is 2.31. The minimum atomic E-state index is -4.46. The van der Waals surface area contributed by atoms with Gasteiger partial charge in [-0.1, -0.05) is 29.3 Å². The molecule has 2 rings (SSSR count). The molecule has 0 aliphatic rings. The van der Waals surface area contributed by atoms with Gasteiger partial charge in [-0.25, -0.2) is 0 Å². The quantitative estimate of drug-likeness (QED) is 0.656. The Morgan fingerprint density at radius 1 is 1.00 bits per heavy atom. The largest absolute Gasteiger partial charge is 0.416 e. The fraction of sp³-hybridized carbons (Fsp3) is 0.0714. The molecule has 0 heterocycles. The summed E-state index contributed by atoms with van der Waals surface area (Å²) in [7, 11) is 0. The maximum absolute atomic E-state index is 12.7. The summed E-state index contributed by atoms with van der Waals surface area (Å²) in [5, 5.41) is 6.18. The number of anilines is 2. The third-order valence-corrected chi connectivity index (χ3v) is 3.39. The first kappa shape index (κ1) is 16.9. The van der Waals surface area contributed by atoms with Crippen LogP contribution in [-0.2, 0) is 6.18 Å². The minimum absolute atomic E-state index is 0.0658. The Morgan fingerprint density at radius 2 is 1.73 bits per heavy atom. The van der Waals surface area contributed by atoms with Crippen LogP contribution in [0.25, 0.3) is 0 Å². The van der Waals surface area contributed by atoms with Crippen molar-refractivity contribution < 1.29 is 13.2 Å². The molecule has 0 radical (unpaired) electrons. The summed E-state index contributed by atoms with van der Waals surface area (Å²) in [4.78, 5) is 0. The van der Waals surface area contributed by atoms with Gasteiger partial charge in [-0.3, -0.25) is 0 Å². The highest BCUT2D eigenvalue weighted by molar-refractivity contribution is 7.80. The van der Waals surface area contributed by atoms with E-state index in [9.17, 15) is 13.2 Å². The molecule has 0 aromatic heterocycles. The normalized spacial score (nSPS) is 11.1. The van der Waals surface area contributed by atoms with Gasteiger partial charge in [0, 0.05) is 10.7 Å². The zero-order valence-corrected chi connectivity index (χ0v) is 13.2. The second kappa shape index (κ2) is 6.73. The van der Waals surface area contributed by atoms with Crippen LogP contribution >= 0.6 is 35.4 Å². The number of benzene rings is 2. The molecule has 0 saturated carbocycles. The molecular weight excluding hydrogens is 356 g/mol. The first-order valence-corrected chi connectivity index (χ1v) is 7.12. The van der Waals surface area contributed by atoms with Crippen molar-refractivity contribution in [1.82, 2.24) is 0 Å². The van der Waals surface area contributed by atoms with Gasteiger partial charge in [-0.15, -0.1) is 0 Å². The summed E-state index contributed by atoms with van der Waals surface area (Å²) in [5.74, 6) is 0. The van der Waals surface area contributed by atoms with Crippen LogP contribution in [0.5, 0.6) is 0 Å². The summed E-state index contributed by atoms with van der Waals surface area (Å²) in [5.41, 5.74) is -0.144. The number of alkyl halides is 3. The Morgan fingerprint density at radius 3 is 2.36 bits per heavy atom. The Labute approximate surface area is 140 Å². The molecule has 0 aliphatic carbocycles. The highest BCUT2D eigenvalue weighted by atomic mass is 35.5. The van der Waals surface area contributed by atoms with Crippen LogP contribution in [0.3, 0.4) is 0 Å². The zero-order chi connectivity index (χ0) is 16.3. The van der Waals surface area contributed by atoms with Crippen LogP contribution in [0.1, 0.15) is 5.56 Å². The van der Waals surface area contributed by atoms with Crippen molar-refractivity contribution in [1.29, 1.82) is 0 Å². The molecule has 0 bridgehead atoms. The van der Waals surface area contributed by atoms with Crippen molar-refractivity contribution in [2.24, 2.45) is 0 Å². The maximum Gasteiger partial charge on any atom is 0.416 e. The van der Waals surface area contributed by atoms with Crippen LogP contribution in [0.4, 0.5) is 24.5 Å². The molecule has 8 heteroatoms. The van der Waals surface area contributed by atoms with E-state index in [1.54, 1.807) is 24.3 Å². The number of rotatable bonds is 2. The van der Waals surface area contributed by atoms with E-state index in [4.69, 9.17) is 35.4 Å². The topological polar surface area (TPSA) is 24.1 Å². The minimum Gasteiger partial charge on any atom is -0.332 e. The first-order chi connectivity index (χ1) is 10.3. The Hall–Kier alpha value is -1.50. The predicted octanol–water partition coefficient (Wildman–Crippen LogP) is 5.82. The SMILES string of the molecule is FC(F)(F)c1ccc(Cl)c(NC(=S)Nc2cccc(Cl)c2)c1. The van der Waals surface area contributed by atoms with Gasteiger partial charge in [0.05, 0.1) is 16.3 Å². The molecule has 0 spiro atoms. The van der Waals surface area contributed by atoms with E-state index in [0.717, 1.165) is 18.2 Å². The number of halogens is 5. The van der Waals surface area contributed by atoms with Crippen molar-refractivity contribution >= 4 is 51.9 Å². The van der Waals surface area contributed by atoms with Crippen LogP contribution in [0, 0.1) is 0 Å². The molecule has 116 valence electrons. The van der Waals surface area contributed by atoms with Crippen LogP contribution in [-0.4, -0.2) is 5.11 Å². The van der Waals surface area contributed by atoms with E-state index in [1.165, 1.54) is 0 Å². The van der Waals surface area contributed by atoms with Crippen molar-refractivity contribution in [2.75, 3.05) is 10.6 Å². The molecule has 2 nitrogen and oxygen atoms in total. The molecule has 22 heavy (non-hydrogen) atoms. The molecule has 2 aromatic carbocycles. The average molecular weight is 365 g/mol. The summed E-state index contributed by atoms with van der Waals surface area (Å²) >= 11 is 16.8. The van der Waals surface area contributed by atoms with E-state index in [-0.39, 0.29) is 15.8 Å². The zero-order valence-electron chi connectivity index (χ0n) is 10.8. The number of hydrogen-bond acceptors (Lipinski definition) is 1. The maximum atomic E-state index is 12.7. The van der Waals surface area contributed by atoms with Crippen LogP contribution in [0.15, 0.2) is 42.5 Å². The van der Waals surface area contributed by atoms with Crippen molar-refractivity contribution in [3.05, 3.63) is 58.1 Å². The van der Waals surface area contributed by atoms with Gasteiger partial charge in [0.25, 0.3) is 0 Å². The molecule has 0 amide bonds. The van der Waals surface area contributed by atoms with Gasteiger partial charge in [0.15, 0.2) is 5.11 Å². The van der Waals surface area contributed by atoms with Crippen molar-refractivity contribution in [2.45, 2.75) is 6.18 Å². The van der Waals surface area contributed by atoms with Crippen LogP contribution in [0.2, 0.25) is 10.0 Å². The standard InChI is InChI=1S/C14H9Cl2F3N2S/c15-9-2-1-3-10(7-9)20-13(22)21-12-6-8(14(17,18)19)4-5-11(12)16/h1-7H,(H2,20,21,22). The summed E-state index contributed by atoms with van der Waals surface area (Å²) < 4.78 is 38.1. The van der Waals surface area contributed by atoms with Crippen molar-refractivity contribution in [3.63, 3.8) is 0 Å². The third kappa shape index (κ3) is 4.50. The van der Waals surface area contributed by atoms with Crippen molar-refractivity contribution in [3.8, 4) is 0 Å². The molecular formula is C14H9Cl2F3N2S. The lowest BCUT2D eigenvalue weighted by Gasteiger charge is -2.14. The Kier molecular flexibility index (Phi) is 5.16. The molecule has 2 aromatic rings. The van der Waals surface area contributed by atoms with E-state index in [2.05, 4.69) is 10.6 Å². The smallest absolute Gasteiger partial charge is 0.332 e. The Bertz CT molecular complexity index is 705. The third-order valence-electron chi connectivity index (χ3n) is 2.62. The van der Waals surface area contributed by atoms with Gasteiger partial charge >= 0.3 is 6.18 Å². The lowest BCUT2D eigenvalue weighted by molar-refractivity contribution is -0.137. The first-order valence-electron chi connectivity index (χ1n) is 5.96. The highest BCUT2D eigenvalue weighted by Crippen LogP contribution is 2.33. The van der Waals surface area contributed by atoms with Crippen LogP contribution < -0.4 is 10.6 Å². The molecule has 0 aliphatic heterocycles. The van der Waals surface area contributed by atoms with Gasteiger partial charge in [-0.2, -0.15) is 13.2 Å². The van der Waals surface area contributed by atoms with E-state index >= 15 is 0 Å². The molecule has 2 N–H and O–H groups in total. The Balaban J connectivity index is 2.14. The fourth-order valence-electron chi connectivity index (χ4n) is 1.65. The summed E-state index contributed by atoms with van der Waals surface area (Å²) in [6, 6.07) is 9.71.